The second kappa shape index (κ2) is 6.53. The first-order valence-corrected chi connectivity index (χ1v) is 7.34. The molecular formula is C16H23F2NO. The van der Waals surface area contributed by atoms with Crippen molar-refractivity contribution >= 4 is 0 Å². The first-order valence-electron chi connectivity index (χ1n) is 7.34. The summed E-state index contributed by atoms with van der Waals surface area (Å²) in [5.41, 5.74) is 5.97. The summed E-state index contributed by atoms with van der Waals surface area (Å²) in [4.78, 5) is 0. The number of ether oxygens (including phenoxy) is 1. The molecule has 112 valence electrons. The first kappa shape index (κ1) is 15.2. The predicted octanol–water partition coefficient (Wildman–Crippen LogP) is 3.67. The van der Waals surface area contributed by atoms with E-state index >= 15 is 0 Å². The van der Waals surface area contributed by atoms with Crippen LogP contribution in [0.1, 0.15) is 38.7 Å². The maximum Gasteiger partial charge on any atom is 0.191 e. The van der Waals surface area contributed by atoms with Gasteiger partial charge in [0.15, 0.2) is 17.4 Å². The third-order valence-electron chi connectivity index (χ3n) is 3.91. The molecule has 2 rings (SSSR count). The molecule has 1 aromatic carbocycles. The molecule has 4 heteroatoms. The van der Waals surface area contributed by atoms with Crippen molar-refractivity contribution in [2.45, 2.75) is 45.6 Å². The largest absolute Gasteiger partial charge is 0.484 e. The Morgan fingerprint density at radius 1 is 1.10 bits per heavy atom. The Morgan fingerprint density at radius 2 is 1.65 bits per heavy atom. The summed E-state index contributed by atoms with van der Waals surface area (Å²) < 4.78 is 33.6. The number of hydrogen-bond donors (Lipinski definition) is 1. The van der Waals surface area contributed by atoms with E-state index in [0.29, 0.717) is 30.4 Å². The van der Waals surface area contributed by atoms with Gasteiger partial charge in [-0.25, -0.2) is 8.78 Å². The fraction of sp³-hybridized carbons (Fsp3) is 0.625. The van der Waals surface area contributed by atoms with Crippen molar-refractivity contribution in [2.24, 2.45) is 17.6 Å². The van der Waals surface area contributed by atoms with Crippen LogP contribution in [0.3, 0.4) is 0 Å². The summed E-state index contributed by atoms with van der Waals surface area (Å²) >= 11 is 0. The lowest BCUT2D eigenvalue weighted by Gasteiger charge is -2.31. The van der Waals surface area contributed by atoms with E-state index < -0.39 is 11.6 Å². The van der Waals surface area contributed by atoms with Gasteiger partial charge in [0.2, 0.25) is 0 Å². The highest BCUT2D eigenvalue weighted by atomic mass is 19.1. The third-order valence-corrected chi connectivity index (χ3v) is 3.91. The fourth-order valence-corrected chi connectivity index (χ4v) is 3.17. The van der Waals surface area contributed by atoms with Gasteiger partial charge in [-0.05, 0) is 61.8 Å². The molecule has 0 aliphatic heterocycles. The summed E-state index contributed by atoms with van der Waals surface area (Å²) in [6.45, 7) is 4.68. The average molecular weight is 283 g/mol. The van der Waals surface area contributed by atoms with Gasteiger partial charge in [0.05, 0.1) is 6.10 Å². The van der Waals surface area contributed by atoms with Gasteiger partial charge in [0, 0.05) is 0 Å². The Kier molecular flexibility index (Phi) is 4.97. The van der Waals surface area contributed by atoms with Crippen molar-refractivity contribution in [1.29, 1.82) is 0 Å². The monoisotopic (exact) mass is 283 g/mol. The molecule has 0 saturated heterocycles. The smallest absolute Gasteiger partial charge is 0.191 e. The van der Waals surface area contributed by atoms with Crippen LogP contribution in [-0.2, 0) is 6.42 Å². The minimum Gasteiger partial charge on any atom is -0.484 e. The lowest BCUT2D eigenvalue weighted by Crippen LogP contribution is -2.29. The number of rotatable bonds is 4. The molecule has 0 amide bonds. The fourth-order valence-electron chi connectivity index (χ4n) is 3.17. The van der Waals surface area contributed by atoms with Crippen molar-refractivity contribution in [1.82, 2.24) is 0 Å². The van der Waals surface area contributed by atoms with Crippen LogP contribution in [0.25, 0.3) is 0 Å². The lowest BCUT2D eigenvalue weighted by molar-refractivity contribution is 0.0927. The van der Waals surface area contributed by atoms with E-state index in [1.165, 1.54) is 12.1 Å². The minimum atomic E-state index is -0.626. The normalized spacial score (nSPS) is 26.6. The van der Waals surface area contributed by atoms with Crippen LogP contribution in [0.4, 0.5) is 8.78 Å². The predicted molar refractivity (Wildman–Crippen MR) is 75.7 cm³/mol. The van der Waals surface area contributed by atoms with E-state index in [2.05, 4.69) is 13.8 Å². The highest BCUT2D eigenvalue weighted by Crippen LogP contribution is 2.33. The first-order chi connectivity index (χ1) is 9.49. The van der Waals surface area contributed by atoms with Gasteiger partial charge < -0.3 is 10.5 Å². The third kappa shape index (κ3) is 3.69. The minimum absolute atomic E-state index is 0.0990. The molecule has 1 aliphatic carbocycles. The highest BCUT2D eigenvalue weighted by Gasteiger charge is 2.27. The molecule has 1 aromatic rings. The van der Waals surface area contributed by atoms with Crippen LogP contribution < -0.4 is 10.5 Å². The number of benzene rings is 1. The zero-order chi connectivity index (χ0) is 14.7. The molecule has 1 aliphatic rings. The van der Waals surface area contributed by atoms with E-state index in [9.17, 15) is 8.78 Å². The molecule has 0 aromatic heterocycles. The summed E-state index contributed by atoms with van der Waals surface area (Å²) in [5.74, 6) is -0.423. The molecule has 1 fully saturated rings. The second-order valence-electron chi connectivity index (χ2n) is 6.08. The molecule has 0 bridgehead atoms. The Bertz CT molecular complexity index is 431. The summed E-state index contributed by atoms with van der Waals surface area (Å²) in [6, 6.07) is 2.64. The van der Waals surface area contributed by atoms with Crippen LogP contribution in [0.15, 0.2) is 12.1 Å². The molecule has 2 atom stereocenters. The molecule has 2 N–H and O–H groups in total. The van der Waals surface area contributed by atoms with Crippen molar-refractivity contribution in [2.75, 3.05) is 6.54 Å². The molecule has 20 heavy (non-hydrogen) atoms. The van der Waals surface area contributed by atoms with Gasteiger partial charge in [-0.1, -0.05) is 13.8 Å². The molecule has 0 radical (unpaired) electrons. The Labute approximate surface area is 119 Å². The molecule has 0 spiro atoms. The zero-order valence-electron chi connectivity index (χ0n) is 12.2. The Hall–Kier alpha value is -1.16. The maximum atomic E-state index is 14.0. The molecule has 1 saturated carbocycles. The second-order valence-corrected chi connectivity index (χ2v) is 6.08. The molecular weight excluding hydrogens is 260 g/mol. The van der Waals surface area contributed by atoms with E-state index in [4.69, 9.17) is 10.5 Å². The summed E-state index contributed by atoms with van der Waals surface area (Å²) in [7, 11) is 0. The van der Waals surface area contributed by atoms with Crippen molar-refractivity contribution in [3.8, 4) is 5.75 Å². The lowest BCUT2D eigenvalue weighted by atomic mass is 9.82. The Balaban J connectivity index is 2.12. The zero-order valence-corrected chi connectivity index (χ0v) is 12.2. The molecule has 2 unspecified atom stereocenters. The van der Waals surface area contributed by atoms with Gasteiger partial charge in [0.25, 0.3) is 0 Å². The van der Waals surface area contributed by atoms with Crippen LogP contribution in [0.5, 0.6) is 5.75 Å². The van der Waals surface area contributed by atoms with Gasteiger partial charge in [-0.2, -0.15) is 0 Å². The summed E-state index contributed by atoms with van der Waals surface area (Å²) in [6.07, 6.45) is 3.23. The number of nitrogens with two attached hydrogens (primary N) is 1. The van der Waals surface area contributed by atoms with Gasteiger partial charge in [-0.3, -0.25) is 0 Å². The van der Waals surface area contributed by atoms with Gasteiger partial charge >= 0.3 is 0 Å². The maximum absolute atomic E-state index is 14.0. The topological polar surface area (TPSA) is 35.2 Å². The standard InChI is InChI=1S/C16H23F2NO/c1-10-5-11(2)7-13(6-10)20-16-14(17)8-12(3-4-19)9-15(16)18/h8-11,13H,3-7,19H2,1-2H3. The van der Waals surface area contributed by atoms with Crippen molar-refractivity contribution < 1.29 is 13.5 Å². The van der Waals surface area contributed by atoms with Crippen LogP contribution >= 0.6 is 0 Å². The highest BCUT2D eigenvalue weighted by molar-refractivity contribution is 5.31. The summed E-state index contributed by atoms with van der Waals surface area (Å²) in [5, 5.41) is 0. The van der Waals surface area contributed by atoms with Crippen LogP contribution in [0, 0.1) is 23.5 Å². The van der Waals surface area contributed by atoms with Gasteiger partial charge in [-0.15, -0.1) is 0 Å². The van der Waals surface area contributed by atoms with Gasteiger partial charge in [0.1, 0.15) is 0 Å². The van der Waals surface area contributed by atoms with Crippen molar-refractivity contribution in [3.05, 3.63) is 29.3 Å². The van der Waals surface area contributed by atoms with E-state index in [1.54, 1.807) is 0 Å². The quantitative estimate of drug-likeness (QED) is 0.915. The molecule has 0 heterocycles. The van der Waals surface area contributed by atoms with Crippen molar-refractivity contribution in [3.63, 3.8) is 0 Å². The number of hydrogen-bond acceptors (Lipinski definition) is 2. The Morgan fingerprint density at radius 3 is 2.15 bits per heavy atom. The van der Waals surface area contributed by atoms with E-state index in [0.717, 1.165) is 19.3 Å². The van der Waals surface area contributed by atoms with Crippen LogP contribution in [0.2, 0.25) is 0 Å². The van der Waals surface area contributed by atoms with E-state index in [1.807, 2.05) is 0 Å². The number of halogens is 2. The molecule has 2 nitrogen and oxygen atoms in total. The SMILES string of the molecule is CC1CC(C)CC(Oc2c(F)cc(CCN)cc2F)C1. The van der Waals surface area contributed by atoms with Crippen LogP contribution in [-0.4, -0.2) is 12.6 Å². The van der Waals surface area contributed by atoms with E-state index in [-0.39, 0.29) is 11.9 Å². The average Bonchev–Trinajstić information content (AvgIpc) is 2.33.